The van der Waals surface area contributed by atoms with E-state index in [1.165, 1.54) is 30.8 Å². The van der Waals surface area contributed by atoms with Gasteiger partial charge in [0.2, 0.25) is 0 Å². The number of fused-ring (bicyclic) bond motifs is 1. The number of aliphatic hydroxyl groups excluding tert-OH is 1. The molecular weight excluding hydrogens is 402 g/mol. The van der Waals surface area contributed by atoms with E-state index >= 15 is 0 Å². The molecule has 1 unspecified atom stereocenters. The summed E-state index contributed by atoms with van der Waals surface area (Å²) in [5.74, 6) is -3.08. The van der Waals surface area contributed by atoms with Gasteiger partial charge in [-0.15, -0.1) is 11.8 Å². The zero-order valence-corrected chi connectivity index (χ0v) is 16.1. The number of carboxylic acid groups (broad SMARTS) is 1. The van der Waals surface area contributed by atoms with Crippen LogP contribution in [0.1, 0.15) is 18.6 Å². The molecule has 1 saturated heterocycles. The van der Waals surface area contributed by atoms with Crippen molar-refractivity contribution in [1.82, 2.24) is 10.2 Å². The first kappa shape index (κ1) is 20.7. The largest absolute Gasteiger partial charge is 0.477 e. The molecule has 1 aromatic carbocycles. The Morgan fingerprint density at radius 2 is 2.14 bits per heavy atom. The highest BCUT2D eigenvalue weighted by Crippen LogP contribution is 2.40. The van der Waals surface area contributed by atoms with E-state index in [-0.39, 0.29) is 23.6 Å². The van der Waals surface area contributed by atoms with Crippen molar-refractivity contribution in [3.63, 3.8) is 0 Å². The lowest BCUT2D eigenvalue weighted by atomic mass is 10.0. The van der Waals surface area contributed by atoms with Gasteiger partial charge in [-0.25, -0.2) is 4.79 Å². The Morgan fingerprint density at radius 3 is 2.76 bits per heavy atom. The Morgan fingerprint density at radius 1 is 1.41 bits per heavy atom. The van der Waals surface area contributed by atoms with Crippen LogP contribution in [0.25, 0.3) is 0 Å². The first-order chi connectivity index (χ1) is 13.7. The maximum atomic E-state index is 12.5. The molecule has 3 atom stereocenters. The number of hydrogen-bond donors (Lipinski definition) is 4. The van der Waals surface area contributed by atoms with E-state index in [2.05, 4.69) is 5.32 Å². The molecule has 0 aliphatic carbocycles. The predicted molar refractivity (Wildman–Crippen MR) is 102 cm³/mol. The summed E-state index contributed by atoms with van der Waals surface area (Å²) in [5, 5.41) is 21.6. The summed E-state index contributed by atoms with van der Waals surface area (Å²) in [6.07, 6.45) is -1.53. The Labute approximate surface area is 169 Å². The lowest BCUT2D eigenvalue weighted by Crippen LogP contribution is -2.71. The molecule has 154 valence electrons. The van der Waals surface area contributed by atoms with E-state index in [9.17, 15) is 29.4 Å². The molecule has 0 spiro atoms. The number of carboxylic acids is 1. The number of carbonyl (C=O) groups excluding carboxylic acids is 3. The maximum Gasteiger partial charge on any atom is 0.352 e. The van der Waals surface area contributed by atoms with Gasteiger partial charge in [-0.3, -0.25) is 19.3 Å². The Hall–Kier alpha value is -3.05. The molecule has 3 rings (SSSR count). The number of thioether (sulfide) groups is 1. The van der Waals surface area contributed by atoms with Gasteiger partial charge in [0.1, 0.15) is 23.7 Å². The molecule has 1 fully saturated rings. The fourth-order valence-electron chi connectivity index (χ4n) is 3.10. The topological polar surface area (TPSA) is 159 Å². The van der Waals surface area contributed by atoms with Gasteiger partial charge in [-0.2, -0.15) is 0 Å². The number of carbonyl (C=O) groups is 4. The number of nitrogens with zero attached hydrogens (tertiary/aromatic N) is 1. The van der Waals surface area contributed by atoms with Gasteiger partial charge in [0.05, 0.1) is 0 Å². The van der Waals surface area contributed by atoms with Crippen molar-refractivity contribution in [1.29, 1.82) is 0 Å². The van der Waals surface area contributed by atoms with Crippen LogP contribution in [0.3, 0.4) is 0 Å². The highest BCUT2D eigenvalue weighted by molar-refractivity contribution is 8.00. The summed E-state index contributed by atoms with van der Waals surface area (Å²) in [6.45, 7) is 0.970. The van der Waals surface area contributed by atoms with Gasteiger partial charge >= 0.3 is 11.9 Å². The van der Waals surface area contributed by atoms with E-state index in [0.29, 0.717) is 11.3 Å². The summed E-state index contributed by atoms with van der Waals surface area (Å²) < 4.78 is 4.86. The number of benzene rings is 1. The molecule has 2 aliphatic heterocycles. The normalized spacial score (nSPS) is 21.7. The standard InChI is InChI=1S/C18H19N3O7S/c1-8(22)28-6-10-7-29-17-12(16(25)21(17)13(10)18(26)27)20-15(24)14(23)9-3-2-4-11(19)5-9/h2-5,12,14,17,23H,6-7,19H2,1H3,(H,20,24)(H,26,27)/t12-,14?,17-/m1/s1. The molecule has 0 bridgehead atoms. The van der Waals surface area contributed by atoms with Crippen LogP contribution in [0.4, 0.5) is 5.69 Å². The van der Waals surface area contributed by atoms with Gasteiger partial charge in [0.15, 0.2) is 6.10 Å². The summed E-state index contributed by atoms with van der Waals surface area (Å²) in [7, 11) is 0. The summed E-state index contributed by atoms with van der Waals surface area (Å²) in [4.78, 5) is 48.6. The van der Waals surface area contributed by atoms with E-state index < -0.39 is 41.3 Å². The molecule has 10 nitrogen and oxygen atoms in total. The molecule has 5 N–H and O–H groups in total. The molecule has 11 heteroatoms. The third-order valence-corrected chi connectivity index (χ3v) is 5.81. The van der Waals surface area contributed by atoms with E-state index in [4.69, 9.17) is 10.5 Å². The van der Waals surface area contributed by atoms with Crippen molar-refractivity contribution in [2.45, 2.75) is 24.4 Å². The average molecular weight is 421 g/mol. The minimum absolute atomic E-state index is 0.216. The number of nitrogens with two attached hydrogens (primary N) is 1. The number of rotatable bonds is 6. The third-order valence-electron chi connectivity index (χ3n) is 4.47. The van der Waals surface area contributed by atoms with Gasteiger partial charge < -0.3 is 26.0 Å². The first-order valence-corrected chi connectivity index (χ1v) is 9.62. The molecule has 1 aromatic rings. The van der Waals surface area contributed by atoms with Crippen molar-refractivity contribution in [2.75, 3.05) is 18.1 Å². The number of ether oxygens (including phenoxy) is 1. The van der Waals surface area contributed by atoms with Gasteiger partial charge in [-0.05, 0) is 17.7 Å². The second-order valence-electron chi connectivity index (χ2n) is 6.51. The fraction of sp³-hybridized carbons (Fsp3) is 0.333. The predicted octanol–water partition coefficient (Wildman–Crippen LogP) is -0.396. The second-order valence-corrected chi connectivity index (χ2v) is 7.61. The van der Waals surface area contributed by atoms with Crippen molar-refractivity contribution >= 4 is 41.2 Å². The maximum absolute atomic E-state index is 12.5. The second kappa shape index (κ2) is 8.13. The number of β-lactam (4-membered cyclic amide) rings is 1. The quantitative estimate of drug-likeness (QED) is 0.272. The van der Waals surface area contributed by atoms with Crippen LogP contribution in [0, 0.1) is 0 Å². The van der Waals surface area contributed by atoms with Crippen molar-refractivity contribution in [2.24, 2.45) is 0 Å². The Kier molecular flexibility index (Phi) is 5.80. The van der Waals surface area contributed by atoms with Crippen LogP contribution in [0.2, 0.25) is 0 Å². The summed E-state index contributed by atoms with van der Waals surface area (Å²) in [5.41, 5.74) is 6.35. The average Bonchev–Trinajstić information content (AvgIpc) is 2.68. The number of nitrogens with one attached hydrogen (secondary N) is 1. The highest BCUT2D eigenvalue weighted by atomic mass is 32.2. The fourth-order valence-corrected chi connectivity index (χ4v) is 4.42. The van der Waals surface area contributed by atoms with E-state index in [1.54, 1.807) is 12.1 Å². The Balaban J connectivity index is 1.72. The lowest BCUT2D eigenvalue weighted by molar-refractivity contribution is -0.152. The third kappa shape index (κ3) is 4.05. The number of esters is 1. The first-order valence-electron chi connectivity index (χ1n) is 8.58. The Bertz CT molecular complexity index is 916. The number of aliphatic carboxylic acids is 1. The van der Waals surface area contributed by atoms with Crippen LogP contribution in [0.15, 0.2) is 35.5 Å². The van der Waals surface area contributed by atoms with Crippen LogP contribution < -0.4 is 11.1 Å². The molecule has 0 saturated carbocycles. The molecular formula is C18H19N3O7S. The van der Waals surface area contributed by atoms with Crippen LogP contribution in [-0.2, 0) is 23.9 Å². The monoisotopic (exact) mass is 421 g/mol. The number of hydrogen-bond acceptors (Lipinski definition) is 8. The SMILES string of the molecule is CC(=O)OCC1=C(C(=O)O)N2C(=O)[C@@H](NC(=O)C(O)c3cccc(N)c3)[C@H]2SC1. The zero-order chi connectivity index (χ0) is 21.3. The van der Waals surface area contributed by atoms with Crippen molar-refractivity contribution in [3.05, 3.63) is 41.1 Å². The van der Waals surface area contributed by atoms with Gasteiger partial charge in [0, 0.05) is 23.9 Å². The minimum Gasteiger partial charge on any atom is -0.477 e. The molecule has 0 radical (unpaired) electrons. The van der Waals surface area contributed by atoms with Crippen molar-refractivity contribution < 1.29 is 34.1 Å². The molecule has 2 amide bonds. The smallest absolute Gasteiger partial charge is 0.352 e. The number of amides is 2. The highest BCUT2D eigenvalue weighted by Gasteiger charge is 2.54. The van der Waals surface area contributed by atoms with Gasteiger partial charge in [0.25, 0.3) is 11.8 Å². The van der Waals surface area contributed by atoms with E-state index in [0.717, 1.165) is 4.90 Å². The number of nitrogen functional groups attached to an aromatic ring is 1. The molecule has 0 aromatic heterocycles. The van der Waals surface area contributed by atoms with Crippen LogP contribution in [-0.4, -0.2) is 62.6 Å². The van der Waals surface area contributed by atoms with Crippen molar-refractivity contribution in [3.8, 4) is 0 Å². The van der Waals surface area contributed by atoms with Crippen LogP contribution >= 0.6 is 11.8 Å². The molecule has 2 heterocycles. The number of anilines is 1. The lowest BCUT2D eigenvalue weighted by Gasteiger charge is -2.49. The zero-order valence-electron chi connectivity index (χ0n) is 15.3. The summed E-state index contributed by atoms with van der Waals surface area (Å²) in [6, 6.07) is 5.18. The van der Waals surface area contributed by atoms with Gasteiger partial charge in [-0.1, -0.05) is 12.1 Å². The van der Waals surface area contributed by atoms with Crippen LogP contribution in [0.5, 0.6) is 0 Å². The summed E-state index contributed by atoms with van der Waals surface area (Å²) >= 11 is 1.23. The van der Waals surface area contributed by atoms with E-state index in [1.807, 2.05) is 0 Å². The molecule has 29 heavy (non-hydrogen) atoms. The molecule has 2 aliphatic rings. The number of aliphatic hydroxyl groups is 1. The minimum atomic E-state index is -1.53.